The molecule has 100 valence electrons. The highest BCUT2D eigenvalue weighted by Crippen LogP contribution is 2.26. The van der Waals surface area contributed by atoms with Crippen LogP contribution in [0.1, 0.15) is 5.56 Å². The molecule has 0 bridgehead atoms. The molecule has 0 saturated carbocycles. The standard InChI is InChI=1S/C12H16ClNO3S/c1-15-5-6-16-7-8-17-10-4-2-3-9(13)11(10)12(14)18/h2-4H,5-8H2,1H3,(H2,14,18). The number of hydrogen-bond acceptors (Lipinski definition) is 4. The lowest BCUT2D eigenvalue weighted by Gasteiger charge is -2.12. The number of methoxy groups -OCH3 is 1. The van der Waals surface area contributed by atoms with Gasteiger partial charge in [0, 0.05) is 7.11 Å². The highest BCUT2D eigenvalue weighted by molar-refractivity contribution is 7.80. The lowest BCUT2D eigenvalue weighted by molar-refractivity contribution is 0.0544. The lowest BCUT2D eigenvalue weighted by atomic mass is 10.2. The summed E-state index contributed by atoms with van der Waals surface area (Å²) in [6, 6.07) is 5.28. The number of nitrogens with two attached hydrogens (primary N) is 1. The fourth-order valence-corrected chi connectivity index (χ4v) is 1.85. The van der Waals surface area contributed by atoms with Crippen molar-refractivity contribution < 1.29 is 14.2 Å². The van der Waals surface area contributed by atoms with Crippen LogP contribution in [-0.4, -0.2) is 38.5 Å². The maximum absolute atomic E-state index is 6.01. The SMILES string of the molecule is COCCOCCOc1cccc(Cl)c1C(N)=S. The van der Waals surface area contributed by atoms with Gasteiger partial charge in [0.1, 0.15) is 17.3 Å². The van der Waals surface area contributed by atoms with E-state index in [-0.39, 0.29) is 4.99 Å². The number of hydrogen-bond donors (Lipinski definition) is 1. The molecule has 2 N–H and O–H groups in total. The maximum Gasteiger partial charge on any atom is 0.131 e. The van der Waals surface area contributed by atoms with Crippen molar-refractivity contribution in [3.05, 3.63) is 28.8 Å². The zero-order valence-electron chi connectivity index (χ0n) is 10.1. The van der Waals surface area contributed by atoms with Crippen LogP contribution in [0.3, 0.4) is 0 Å². The Morgan fingerprint density at radius 3 is 2.67 bits per heavy atom. The summed E-state index contributed by atoms with van der Waals surface area (Å²) in [5, 5.41) is 0.486. The predicted molar refractivity (Wildman–Crippen MR) is 75.5 cm³/mol. The van der Waals surface area contributed by atoms with E-state index in [1.807, 2.05) is 0 Å². The van der Waals surface area contributed by atoms with E-state index in [2.05, 4.69) is 0 Å². The summed E-state index contributed by atoms with van der Waals surface area (Å²) in [5.41, 5.74) is 6.17. The van der Waals surface area contributed by atoms with Crippen LogP contribution in [0, 0.1) is 0 Å². The Hall–Kier alpha value is -0.880. The molecule has 6 heteroatoms. The van der Waals surface area contributed by atoms with Crippen molar-refractivity contribution in [2.24, 2.45) is 5.73 Å². The molecule has 1 aromatic rings. The first-order valence-corrected chi connectivity index (χ1v) is 6.23. The Kier molecular flexibility index (Phi) is 6.97. The Labute approximate surface area is 117 Å². The summed E-state index contributed by atoms with van der Waals surface area (Å²) in [7, 11) is 1.63. The number of benzene rings is 1. The molecule has 0 saturated heterocycles. The van der Waals surface area contributed by atoms with Crippen LogP contribution in [0.5, 0.6) is 5.75 Å². The van der Waals surface area contributed by atoms with E-state index in [0.29, 0.717) is 42.8 Å². The first kappa shape index (κ1) is 15.2. The minimum Gasteiger partial charge on any atom is -0.490 e. The number of thiocarbonyl (C=S) groups is 1. The van der Waals surface area contributed by atoms with Crippen LogP contribution in [0.15, 0.2) is 18.2 Å². The zero-order chi connectivity index (χ0) is 13.4. The topological polar surface area (TPSA) is 53.7 Å². The quantitative estimate of drug-likeness (QED) is 0.586. The summed E-state index contributed by atoms with van der Waals surface area (Å²) in [5.74, 6) is 0.574. The molecule has 0 aliphatic carbocycles. The third kappa shape index (κ3) is 4.78. The molecule has 0 unspecified atom stereocenters. The molecule has 0 aromatic heterocycles. The Bertz CT molecular complexity index is 401. The number of rotatable bonds is 8. The first-order chi connectivity index (χ1) is 8.66. The van der Waals surface area contributed by atoms with Crippen LogP contribution >= 0.6 is 23.8 Å². The van der Waals surface area contributed by atoms with Gasteiger partial charge in [-0.2, -0.15) is 0 Å². The van der Waals surface area contributed by atoms with Crippen LogP contribution in [0.4, 0.5) is 0 Å². The average Bonchev–Trinajstić information content (AvgIpc) is 2.33. The average molecular weight is 290 g/mol. The molecular weight excluding hydrogens is 274 g/mol. The molecule has 0 aliphatic rings. The summed E-state index contributed by atoms with van der Waals surface area (Å²) in [4.78, 5) is 0.218. The zero-order valence-corrected chi connectivity index (χ0v) is 11.7. The van der Waals surface area contributed by atoms with Gasteiger partial charge in [0.25, 0.3) is 0 Å². The molecule has 0 atom stereocenters. The maximum atomic E-state index is 6.01. The minimum atomic E-state index is 0.218. The molecule has 0 radical (unpaired) electrons. The van der Waals surface area contributed by atoms with E-state index >= 15 is 0 Å². The fraction of sp³-hybridized carbons (Fsp3) is 0.417. The highest BCUT2D eigenvalue weighted by atomic mass is 35.5. The van der Waals surface area contributed by atoms with Crippen LogP contribution in [0.25, 0.3) is 0 Å². The van der Waals surface area contributed by atoms with Gasteiger partial charge in [0.05, 0.1) is 30.4 Å². The van der Waals surface area contributed by atoms with Crippen molar-refractivity contribution in [3.63, 3.8) is 0 Å². The van der Waals surface area contributed by atoms with Crippen LogP contribution in [0.2, 0.25) is 5.02 Å². The first-order valence-electron chi connectivity index (χ1n) is 5.44. The van der Waals surface area contributed by atoms with Gasteiger partial charge in [-0.05, 0) is 12.1 Å². The van der Waals surface area contributed by atoms with Gasteiger partial charge in [0.2, 0.25) is 0 Å². The lowest BCUT2D eigenvalue weighted by Crippen LogP contribution is -2.15. The fourth-order valence-electron chi connectivity index (χ4n) is 1.32. The van der Waals surface area contributed by atoms with E-state index in [1.54, 1.807) is 25.3 Å². The second-order valence-corrected chi connectivity index (χ2v) is 4.28. The molecule has 4 nitrogen and oxygen atoms in total. The van der Waals surface area contributed by atoms with Gasteiger partial charge in [-0.15, -0.1) is 0 Å². The molecule has 18 heavy (non-hydrogen) atoms. The molecular formula is C12H16ClNO3S. The van der Waals surface area contributed by atoms with Gasteiger partial charge in [-0.1, -0.05) is 29.9 Å². The van der Waals surface area contributed by atoms with Gasteiger partial charge >= 0.3 is 0 Å². The molecule has 0 spiro atoms. The van der Waals surface area contributed by atoms with Crippen molar-refractivity contribution in [2.45, 2.75) is 0 Å². The van der Waals surface area contributed by atoms with Crippen molar-refractivity contribution in [3.8, 4) is 5.75 Å². The summed E-state index contributed by atoms with van der Waals surface area (Å²) in [6.07, 6.45) is 0. The smallest absolute Gasteiger partial charge is 0.131 e. The van der Waals surface area contributed by atoms with E-state index in [1.165, 1.54) is 0 Å². The minimum absolute atomic E-state index is 0.218. The molecule has 1 rings (SSSR count). The Morgan fingerprint density at radius 1 is 1.28 bits per heavy atom. The monoisotopic (exact) mass is 289 g/mol. The van der Waals surface area contributed by atoms with E-state index in [0.717, 1.165) is 0 Å². The number of halogens is 1. The van der Waals surface area contributed by atoms with Gasteiger partial charge in [-0.25, -0.2) is 0 Å². The highest BCUT2D eigenvalue weighted by Gasteiger charge is 2.10. The van der Waals surface area contributed by atoms with E-state index < -0.39 is 0 Å². The Balaban J connectivity index is 2.47. The summed E-state index contributed by atoms with van der Waals surface area (Å²) < 4.78 is 15.7. The van der Waals surface area contributed by atoms with Gasteiger partial charge in [-0.3, -0.25) is 0 Å². The third-order valence-corrected chi connectivity index (χ3v) is 2.66. The van der Waals surface area contributed by atoms with Crippen LogP contribution < -0.4 is 10.5 Å². The summed E-state index contributed by atoms with van der Waals surface area (Å²) in [6.45, 7) is 1.97. The largest absolute Gasteiger partial charge is 0.490 e. The molecule has 0 fully saturated rings. The predicted octanol–water partition coefficient (Wildman–Crippen LogP) is 2.02. The van der Waals surface area contributed by atoms with Gasteiger partial charge in [0.15, 0.2) is 0 Å². The molecule has 0 amide bonds. The molecule has 0 aliphatic heterocycles. The normalized spacial score (nSPS) is 10.3. The number of ether oxygens (including phenoxy) is 3. The summed E-state index contributed by atoms with van der Waals surface area (Å²) >= 11 is 10.9. The second kappa shape index (κ2) is 8.26. The molecule has 0 heterocycles. The van der Waals surface area contributed by atoms with Crippen LogP contribution in [-0.2, 0) is 9.47 Å². The van der Waals surface area contributed by atoms with Crippen molar-refractivity contribution >= 4 is 28.8 Å². The second-order valence-electron chi connectivity index (χ2n) is 3.43. The van der Waals surface area contributed by atoms with Crippen molar-refractivity contribution in [2.75, 3.05) is 33.5 Å². The van der Waals surface area contributed by atoms with Crippen molar-refractivity contribution in [1.82, 2.24) is 0 Å². The van der Waals surface area contributed by atoms with Crippen molar-refractivity contribution in [1.29, 1.82) is 0 Å². The van der Waals surface area contributed by atoms with E-state index in [4.69, 9.17) is 43.8 Å². The third-order valence-electron chi connectivity index (χ3n) is 2.14. The molecule has 1 aromatic carbocycles. The van der Waals surface area contributed by atoms with Gasteiger partial charge < -0.3 is 19.9 Å². The Morgan fingerprint density at radius 2 is 2.00 bits per heavy atom. The van der Waals surface area contributed by atoms with E-state index in [9.17, 15) is 0 Å².